The van der Waals surface area contributed by atoms with Crippen molar-refractivity contribution in [1.82, 2.24) is 9.78 Å². The number of carbonyl (C=O) groups excluding carboxylic acids is 1. The van der Waals surface area contributed by atoms with Gasteiger partial charge >= 0.3 is 0 Å². The van der Waals surface area contributed by atoms with Gasteiger partial charge in [0.05, 0.1) is 21.5 Å². The van der Waals surface area contributed by atoms with Crippen LogP contribution < -0.4 is 4.90 Å². The first-order valence-corrected chi connectivity index (χ1v) is 9.07. The van der Waals surface area contributed by atoms with Gasteiger partial charge in [-0.1, -0.05) is 18.2 Å². The van der Waals surface area contributed by atoms with E-state index in [1.54, 1.807) is 0 Å². The van der Waals surface area contributed by atoms with Crippen molar-refractivity contribution in [2.75, 3.05) is 11.4 Å². The first-order valence-electron chi connectivity index (χ1n) is 8.28. The van der Waals surface area contributed by atoms with E-state index in [0.717, 1.165) is 40.2 Å². The molecule has 2 aromatic carbocycles. The van der Waals surface area contributed by atoms with Crippen molar-refractivity contribution in [3.8, 4) is 5.69 Å². The molecule has 0 N–H and O–H groups in total. The fourth-order valence-electron chi connectivity index (χ4n) is 3.33. The van der Waals surface area contributed by atoms with Gasteiger partial charge in [-0.15, -0.1) is 0 Å². The molecule has 0 radical (unpaired) electrons. The van der Waals surface area contributed by atoms with Crippen LogP contribution in [0.3, 0.4) is 0 Å². The second kappa shape index (κ2) is 6.15. The van der Waals surface area contributed by atoms with Crippen LogP contribution in [0.5, 0.6) is 0 Å². The van der Waals surface area contributed by atoms with Gasteiger partial charge in [0.1, 0.15) is 0 Å². The number of fused-ring (bicyclic) bond motifs is 1. The highest BCUT2D eigenvalue weighted by atomic mass is 79.9. The van der Waals surface area contributed by atoms with Crippen molar-refractivity contribution in [2.45, 2.75) is 20.3 Å². The Hall–Kier alpha value is -2.40. The Bertz CT molecular complexity index is 960. The van der Waals surface area contributed by atoms with Crippen LogP contribution in [0.2, 0.25) is 0 Å². The van der Waals surface area contributed by atoms with Crippen molar-refractivity contribution in [3.05, 3.63) is 75.5 Å². The zero-order valence-electron chi connectivity index (χ0n) is 14.2. The number of rotatable bonds is 2. The molecule has 5 heteroatoms. The van der Waals surface area contributed by atoms with Gasteiger partial charge in [0.15, 0.2) is 0 Å². The summed E-state index contributed by atoms with van der Waals surface area (Å²) in [5.74, 6) is 0.0473. The second-order valence-corrected chi connectivity index (χ2v) is 7.07. The van der Waals surface area contributed by atoms with Crippen LogP contribution in [0.25, 0.3) is 5.69 Å². The number of halogens is 1. The molecule has 1 aliphatic rings. The zero-order valence-corrected chi connectivity index (χ0v) is 15.7. The smallest absolute Gasteiger partial charge is 0.258 e. The second-order valence-electron chi connectivity index (χ2n) is 6.28. The highest BCUT2D eigenvalue weighted by Gasteiger charge is 2.25. The van der Waals surface area contributed by atoms with Crippen molar-refractivity contribution >= 4 is 27.5 Å². The van der Waals surface area contributed by atoms with Gasteiger partial charge in [-0.2, -0.15) is 5.10 Å². The Morgan fingerprint density at radius 2 is 1.80 bits per heavy atom. The summed E-state index contributed by atoms with van der Waals surface area (Å²) in [6.07, 6.45) is 0.916. The minimum Gasteiger partial charge on any atom is -0.308 e. The fraction of sp³-hybridized carbons (Fsp3) is 0.200. The van der Waals surface area contributed by atoms with Crippen molar-refractivity contribution < 1.29 is 4.79 Å². The zero-order chi connectivity index (χ0) is 17.6. The number of nitrogens with zero attached hydrogens (tertiary/aromatic N) is 3. The number of hydrogen-bond donors (Lipinski definition) is 0. The topological polar surface area (TPSA) is 38.1 Å². The molecule has 0 saturated heterocycles. The molecule has 2 heterocycles. The number of amides is 1. The van der Waals surface area contributed by atoms with Gasteiger partial charge in [0.2, 0.25) is 0 Å². The Labute approximate surface area is 155 Å². The molecule has 126 valence electrons. The first-order chi connectivity index (χ1) is 12.1. The van der Waals surface area contributed by atoms with E-state index in [9.17, 15) is 4.79 Å². The third-order valence-electron chi connectivity index (χ3n) is 4.69. The van der Waals surface area contributed by atoms with Gasteiger partial charge in [0, 0.05) is 17.8 Å². The number of benzene rings is 2. The molecular weight excluding hydrogens is 378 g/mol. The van der Waals surface area contributed by atoms with E-state index >= 15 is 0 Å². The van der Waals surface area contributed by atoms with Gasteiger partial charge < -0.3 is 4.90 Å². The molecule has 0 atom stereocenters. The number of aryl methyl sites for hydroxylation is 1. The summed E-state index contributed by atoms with van der Waals surface area (Å²) in [6, 6.07) is 15.8. The lowest BCUT2D eigenvalue weighted by atomic mass is 10.1. The standard InChI is InChI=1S/C20H18BrN3O/c1-13-19(21)14(2)24(22-13)17-9-7-16(8-10-17)20(25)23-12-11-15-5-3-4-6-18(15)23/h3-10H,11-12H2,1-2H3. The normalized spacial score (nSPS) is 13.2. The molecule has 25 heavy (non-hydrogen) atoms. The molecule has 0 saturated carbocycles. The molecular formula is C20H18BrN3O. The highest BCUT2D eigenvalue weighted by Crippen LogP contribution is 2.29. The number of anilines is 1. The molecule has 4 nitrogen and oxygen atoms in total. The summed E-state index contributed by atoms with van der Waals surface area (Å²) in [5, 5.41) is 4.54. The van der Waals surface area contributed by atoms with E-state index < -0.39 is 0 Å². The molecule has 1 aliphatic heterocycles. The number of para-hydroxylation sites is 1. The van der Waals surface area contributed by atoms with E-state index in [-0.39, 0.29) is 5.91 Å². The van der Waals surface area contributed by atoms with E-state index in [0.29, 0.717) is 5.56 Å². The maximum Gasteiger partial charge on any atom is 0.258 e. The van der Waals surface area contributed by atoms with Crippen LogP contribution in [0.15, 0.2) is 53.0 Å². The highest BCUT2D eigenvalue weighted by molar-refractivity contribution is 9.10. The average molecular weight is 396 g/mol. The summed E-state index contributed by atoms with van der Waals surface area (Å²) in [5.41, 5.74) is 5.90. The van der Waals surface area contributed by atoms with Crippen molar-refractivity contribution in [1.29, 1.82) is 0 Å². The Kier molecular flexibility index (Phi) is 3.96. The monoisotopic (exact) mass is 395 g/mol. The summed E-state index contributed by atoms with van der Waals surface area (Å²) in [4.78, 5) is 14.7. The van der Waals surface area contributed by atoms with Gasteiger partial charge in [-0.25, -0.2) is 4.68 Å². The van der Waals surface area contributed by atoms with Gasteiger partial charge in [-0.3, -0.25) is 4.79 Å². The maximum atomic E-state index is 12.9. The molecule has 0 bridgehead atoms. The predicted octanol–water partition coefficient (Wildman–Crippen LogP) is 4.45. The molecule has 1 aromatic heterocycles. The van der Waals surface area contributed by atoms with Gasteiger partial charge in [0.25, 0.3) is 5.91 Å². The quantitative estimate of drug-likeness (QED) is 0.642. The minimum absolute atomic E-state index is 0.0473. The lowest BCUT2D eigenvalue weighted by Crippen LogP contribution is -2.28. The molecule has 1 amide bonds. The van der Waals surface area contributed by atoms with Crippen LogP contribution >= 0.6 is 15.9 Å². The lowest BCUT2D eigenvalue weighted by molar-refractivity contribution is 0.0989. The molecule has 4 rings (SSSR count). The molecule has 0 unspecified atom stereocenters. The SMILES string of the molecule is Cc1nn(-c2ccc(C(=O)N3CCc4ccccc43)cc2)c(C)c1Br. The van der Waals surface area contributed by atoms with Crippen molar-refractivity contribution in [2.24, 2.45) is 0 Å². The van der Waals surface area contributed by atoms with E-state index in [1.165, 1.54) is 5.56 Å². The Morgan fingerprint density at radius 1 is 1.08 bits per heavy atom. The largest absolute Gasteiger partial charge is 0.308 e. The molecule has 0 aliphatic carbocycles. The minimum atomic E-state index is 0.0473. The molecule has 0 fully saturated rings. The van der Waals surface area contributed by atoms with Crippen molar-refractivity contribution in [3.63, 3.8) is 0 Å². The summed E-state index contributed by atoms with van der Waals surface area (Å²) in [6.45, 7) is 4.73. The number of hydrogen-bond acceptors (Lipinski definition) is 2. The van der Waals surface area contributed by atoms with E-state index in [4.69, 9.17) is 0 Å². The summed E-state index contributed by atoms with van der Waals surface area (Å²) >= 11 is 3.55. The predicted molar refractivity (Wildman–Crippen MR) is 103 cm³/mol. The van der Waals surface area contributed by atoms with Crippen LogP contribution in [0.4, 0.5) is 5.69 Å². The first kappa shape index (κ1) is 16.1. The van der Waals surface area contributed by atoms with E-state index in [1.807, 2.05) is 65.9 Å². The third kappa shape index (κ3) is 2.68. The van der Waals surface area contributed by atoms with Crippen LogP contribution in [0, 0.1) is 13.8 Å². The maximum absolute atomic E-state index is 12.9. The lowest BCUT2D eigenvalue weighted by Gasteiger charge is -2.17. The van der Waals surface area contributed by atoms with Crippen LogP contribution in [-0.4, -0.2) is 22.2 Å². The number of carbonyl (C=O) groups is 1. The average Bonchev–Trinajstić information content (AvgIpc) is 3.18. The number of aromatic nitrogens is 2. The Morgan fingerprint density at radius 3 is 2.48 bits per heavy atom. The van der Waals surface area contributed by atoms with Gasteiger partial charge in [-0.05, 0) is 72.1 Å². The van der Waals surface area contributed by atoms with E-state index in [2.05, 4.69) is 27.1 Å². The summed E-state index contributed by atoms with van der Waals surface area (Å²) < 4.78 is 2.90. The van der Waals surface area contributed by atoms with Crippen LogP contribution in [0.1, 0.15) is 27.3 Å². The third-order valence-corrected chi connectivity index (χ3v) is 5.84. The van der Waals surface area contributed by atoms with Crippen LogP contribution in [-0.2, 0) is 6.42 Å². The summed E-state index contributed by atoms with van der Waals surface area (Å²) in [7, 11) is 0. The molecule has 0 spiro atoms. The fourth-order valence-corrected chi connectivity index (χ4v) is 3.57. The Balaban J connectivity index is 1.63. The molecule has 3 aromatic rings.